The van der Waals surface area contributed by atoms with Gasteiger partial charge in [0.2, 0.25) is 0 Å². The summed E-state index contributed by atoms with van der Waals surface area (Å²) < 4.78 is 18.3. The lowest BCUT2D eigenvalue weighted by atomic mass is 9.95. The number of thioether (sulfide) groups is 1. The molecule has 1 aromatic heterocycles. The molecular formula is C22H31N3O4S. The lowest BCUT2D eigenvalue weighted by Crippen LogP contribution is -2.16. The van der Waals surface area contributed by atoms with E-state index in [1.807, 2.05) is 18.2 Å². The number of nitrogens with zero attached hydrogens (tertiary/aromatic N) is 3. The molecule has 3 rings (SSSR count). The highest BCUT2D eigenvalue weighted by atomic mass is 32.2. The van der Waals surface area contributed by atoms with Gasteiger partial charge in [0.25, 0.3) is 0 Å². The van der Waals surface area contributed by atoms with Crippen molar-refractivity contribution in [1.82, 2.24) is 14.8 Å². The van der Waals surface area contributed by atoms with Crippen LogP contribution in [0.25, 0.3) is 11.4 Å². The number of unbranched alkanes of at least 4 members (excludes halogenated alkanes) is 1. The number of carbonyl (C=O) groups excluding carboxylic acids is 1. The number of aromatic nitrogens is 3. The van der Waals surface area contributed by atoms with Crippen LogP contribution in [0.4, 0.5) is 0 Å². The van der Waals surface area contributed by atoms with E-state index in [4.69, 9.17) is 14.2 Å². The summed E-state index contributed by atoms with van der Waals surface area (Å²) in [7, 11) is 3.25. The van der Waals surface area contributed by atoms with Crippen molar-refractivity contribution in [2.75, 3.05) is 26.6 Å². The van der Waals surface area contributed by atoms with Crippen LogP contribution in [0.3, 0.4) is 0 Å². The highest BCUT2D eigenvalue weighted by Gasteiger charge is 2.25. The smallest absolute Gasteiger partial charge is 0.316 e. The third-order valence-electron chi connectivity index (χ3n) is 5.33. The predicted molar refractivity (Wildman–Crippen MR) is 117 cm³/mol. The van der Waals surface area contributed by atoms with E-state index < -0.39 is 0 Å². The Morgan fingerprint density at radius 2 is 1.90 bits per heavy atom. The maximum Gasteiger partial charge on any atom is 0.316 e. The van der Waals surface area contributed by atoms with E-state index >= 15 is 0 Å². The first kappa shape index (κ1) is 22.5. The first-order valence-electron chi connectivity index (χ1n) is 10.6. The number of esters is 1. The quantitative estimate of drug-likeness (QED) is 0.299. The van der Waals surface area contributed by atoms with E-state index in [0.29, 0.717) is 24.1 Å². The second kappa shape index (κ2) is 11.2. The van der Waals surface area contributed by atoms with E-state index in [9.17, 15) is 4.79 Å². The molecule has 0 N–H and O–H groups in total. The molecule has 0 bridgehead atoms. The van der Waals surface area contributed by atoms with Gasteiger partial charge in [-0.05, 0) is 37.5 Å². The number of benzene rings is 1. The highest BCUT2D eigenvalue weighted by Crippen LogP contribution is 2.38. The predicted octanol–water partition coefficient (Wildman–Crippen LogP) is 4.90. The van der Waals surface area contributed by atoms with Crippen molar-refractivity contribution in [3.8, 4) is 22.9 Å². The minimum Gasteiger partial charge on any atom is -0.493 e. The fourth-order valence-corrected chi connectivity index (χ4v) is 4.51. The van der Waals surface area contributed by atoms with Crippen LogP contribution in [0, 0.1) is 0 Å². The topological polar surface area (TPSA) is 75.5 Å². The van der Waals surface area contributed by atoms with E-state index in [2.05, 4.69) is 21.7 Å². The standard InChI is InChI=1S/C22H31N3O4S/c1-4-5-13-29-20(26)15-30-22-24-23-21(25(22)17-9-7-6-8-10-17)16-11-12-18(27-2)19(14-16)28-3/h11-12,14,17H,4-10,13,15H2,1-3H3. The molecule has 30 heavy (non-hydrogen) atoms. The molecule has 0 saturated heterocycles. The van der Waals surface area contributed by atoms with Gasteiger partial charge in [-0.25, -0.2) is 0 Å². The van der Waals surface area contributed by atoms with Gasteiger partial charge < -0.3 is 14.2 Å². The summed E-state index contributed by atoms with van der Waals surface area (Å²) in [5, 5.41) is 9.68. The van der Waals surface area contributed by atoms with Gasteiger partial charge in [0.15, 0.2) is 22.5 Å². The van der Waals surface area contributed by atoms with Gasteiger partial charge in [-0.2, -0.15) is 0 Å². The molecule has 1 aromatic carbocycles. The maximum atomic E-state index is 12.1. The van der Waals surface area contributed by atoms with Crippen molar-refractivity contribution in [2.24, 2.45) is 0 Å². The van der Waals surface area contributed by atoms with Crippen molar-refractivity contribution in [3.05, 3.63) is 18.2 Å². The SMILES string of the molecule is CCCCOC(=O)CSc1nnc(-c2ccc(OC)c(OC)c2)n1C1CCCCC1. The molecule has 0 spiro atoms. The lowest BCUT2D eigenvalue weighted by molar-refractivity contribution is -0.140. The Morgan fingerprint density at radius 3 is 2.60 bits per heavy atom. The van der Waals surface area contributed by atoms with Crippen LogP contribution in [0.5, 0.6) is 11.5 Å². The van der Waals surface area contributed by atoms with Gasteiger partial charge in [-0.1, -0.05) is 44.4 Å². The molecule has 7 nitrogen and oxygen atoms in total. The molecule has 8 heteroatoms. The summed E-state index contributed by atoms with van der Waals surface area (Å²) in [6, 6.07) is 6.11. The normalized spacial score (nSPS) is 14.5. The minimum atomic E-state index is -0.209. The van der Waals surface area contributed by atoms with Crippen LogP contribution in [0.15, 0.2) is 23.4 Å². The van der Waals surface area contributed by atoms with E-state index in [-0.39, 0.29) is 11.7 Å². The number of ether oxygens (including phenoxy) is 3. The Kier molecular flexibility index (Phi) is 8.42. The van der Waals surface area contributed by atoms with Crippen LogP contribution in [-0.4, -0.2) is 47.3 Å². The zero-order chi connectivity index (χ0) is 21.3. The van der Waals surface area contributed by atoms with Gasteiger partial charge in [-0.15, -0.1) is 10.2 Å². The molecule has 164 valence electrons. The maximum absolute atomic E-state index is 12.1. The van der Waals surface area contributed by atoms with Crippen molar-refractivity contribution < 1.29 is 19.0 Å². The largest absolute Gasteiger partial charge is 0.493 e. The van der Waals surface area contributed by atoms with Crippen LogP contribution in [0.1, 0.15) is 57.9 Å². The molecule has 1 heterocycles. The van der Waals surface area contributed by atoms with Crippen LogP contribution < -0.4 is 9.47 Å². The van der Waals surface area contributed by atoms with Crippen LogP contribution in [-0.2, 0) is 9.53 Å². The van der Waals surface area contributed by atoms with E-state index in [1.54, 1.807) is 14.2 Å². The summed E-state index contributed by atoms with van der Waals surface area (Å²) in [5.74, 6) is 2.15. The van der Waals surface area contributed by atoms with E-state index in [0.717, 1.165) is 42.2 Å². The summed E-state index contributed by atoms with van der Waals surface area (Å²) in [4.78, 5) is 12.1. The molecular weight excluding hydrogens is 402 g/mol. The highest BCUT2D eigenvalue weighted by molar-refractivity contribution is 7.99. The first-order chi connectivity index (χ1) is 14.7. The molecule has 0 unspecified atom stereocenters. The van der Waals surface area contributed by atoms with Crippen molar-refractivity contribution in [1.29, 1.82) is 0 Å². The molecule has 1 saturated carbocycles. The average molecular weight is 434 g/mol. The summed E-state index contributed by atoms with van der Waals surface area (Å²) >= 11 is 1.40. The molecule has 0 atom stereocenters. The number of methoxy groups -OCH3 is 2. The Hall–Kier alpha value is -2.22. The molecule has 2 aromatic rings. The van der Waals surface area contributed by atoms with Gasteiger partial charge >= 0.3 is 5.97 Å². The fourth-order valence-electron chi connectivity index (χ4n) is 3.71. The van der Waals surface area contributed by atoms with Gasteiger partial charge in [0, 0.05) is 11.6 Å². The minimum absolute atomic E-state index is 0.209. The molecule has 0 amide bonds. The van der Waals surface area contributed by atoms with Gasteiger partial charge in [-0.3, -0.25) is 9.36 Å². The van der Waals surface area contributed by atoms with Crippen LogP contribution >= 0.6 is 11.8 Å². The second-order valence-electron chi connectivity index (χ2n) is 7.40. The number of hydrogen-bond donors (Lipinski definition) is 0. The summed E-state index contributed by atoms with van der Waals surface area (Å²) in [6.07, 6.45) is 7.72. The average Bonchev–Trinajstić information content (AvgIpc) is 3.22. The zero-order valence-corrected chi connectivity index (χ0v) is 18.9. The monoisotopic (exact) mass is 433 g/mol. The van der Waals surface area contributed by atoms with Crippen LogP contribution in [0.2, 0.25) is 0 Å². The summed E-state index contributed by atoms with van der Waals surface area (Å²) in [6.45, 7) is 2.55. The zero-order valence-electron chi connectivity index (χ0n) is 18.1. The molecule has 0 radical (unpaired) electrons. The lowest BCUT2D eigenvalue weighted by Gasteiger charge is -2.25. The first-order valence-corrected chi connectivity index (χ1v) is 11.6. The molecule has 0 aliphatic heterocycles. The van der Waals surface area contributed by atoms with E-state index in [1.165, 1.54) is 31.0 Å². The fraction of sp³-hybridized carbons (Fsp3) is 0.591. The Bertz CT molecular complexity index is 834. The number of rotatable bonds is 10. The van der Waals surface area contributed by atoms with Crippen molar-refractivity contribution in [2.45, 2.75) is 63.1 Å². The van der Waals surface area contributed by atoms with Crippen molar-refractivity contribution in [3.63, 3.8) is 0 Å². The molecule has 1 fully saturated rings. The van der Waals surface area contributed by atoms with Gasteiger partial charge in [0.1, 0.15) is 0 Å². The number of hydrogen-bond acceptors (Lipinski definition) is 7. The van der Waals surface area contributed by atoms with Crippen molar-refractivity contribution >= 4 is 17.7 Å². The number of carbonyl (C=O) groups is 1. The third kappa shape index (κ3) is 5.47. The third-order valence-corrected chi connectivity index (χ3v) is 6.24. The second-order valence-corrected chi connectivity index (χ2v) is 8.34. The Labute approximate surface area is 182 Å². The summed E-state index contributed by atoms with van der Waals surface area (Å²) in [5.41, 5.74) is 0.920. The molecule has 1 aliphatic rings. The van der Waals surface area contributed by atoms with Gasteiger partial charge in [0.05, 0.1) is 26.6 Å². The Balaban J connectivity index is 1.85. The molecule has 1 aliphatic carbocycles. The Morgan fingerprint density at radius 1 is 1.13 bits per heavy atom.